The molecule has 1 amide bonds. The first-order valence-corrected chi connectivity index (χ1v) is 5.45. The van der Waals surface area contributed by atoms with E-state index in [1.807, 2.05) is 18.7 Å². The monoisotopic (exact) mass is 224 g/mol. The van der Waals surface area contributed by atoms with Crippen molar-refractivity contribution in [2.75, 3.05) is 26.3 Å². The van der Waals surface area contributed by atoms with E-state index < -0.39 is 0 Å². The van der Waals surface area contributed by atoms with Gasteiger partial charge in [-0.2, -0.15) is 0 Å². The molecular weight excluding hydrogens is 208 g/mol. The van der Waals surface area contributed by atoms with Crippen molar-refractivity contribution in [2.24, 2.45) is 0 Å². The number of hydrogen-bond acceptors (Lipinski definition) is 4. The number of morpholine rings is 1. The zero-order chi connectivity index (χ0) is 11.5. The van der Waals surface area contributed by atoms with Crippen LogP contribution in [-0.4, -0.2) is 42.3 Å². The molecule has 0 bridgehead atoms. The van der Waals surface area contributed by atoms with Crippen LogP contribution >= 0.6 is 0 Å². The molecule has 5 nitrogen and oxygen atoms in total. The minimum Gasteiger partial charge on any atom is -0.378 e. The van der Waals surface area contributed by atoms with Gasteiger partial charge in [0.15, 0.2) is 0 Å². The van der Waals surface area contributed by atoms with Gasteiger partial charge in [-0.05, 0) is 13.8 Å². The molecule has 2 rings (SSSR count). The van der Waals surface area contributed by atoms with Gasteiger partial charge in [0.1, 0.15) is 5.76 Å². The van der Waals surface area contributed by atoms with Crippen molar-refractivity contribution in [2.45, 2.75) is 20.3 Å². The fourth-order valence-electron chi connectivity index (χ4n) is 1.83. The predicted octanol–water partition coefficient (Wildman–Crippen LogP) is 0.693. The number of rotatable bonds is 2. The summed E-state index contributed by atoms with van der Waals surface area (Å²) in [4.78, 5) is 13.8. The van der Waals surface area contributed by atoms with E-state index in [0.29, 0.717) is 32.7 Å². The van der Waals surface area contributed by atoms with Crippen LogP contribution in [0, 0.1) is 13.8 Å². The van der Waals surface area contributed by atoms with E-state index in [1.54, 1.807) is 0 Å². The van der Waals surface area contributed by atoms with Crippen LogP contribution in [0.3, 0.4) is 0 Å². The van der Waals surface area contributed by atoms with Crippen molar-refractivity contribution in [3.8, 4) is 0 Å². The summed E-state index contributed by atoms with van der Waals surface area (Å²) in [7, 11) is 0. The topological polar surface area (TPSA) is 55.6 Å². The van der Waals surface area contributed by atoms with Gasteiger partial charge < -0.3 is 14.2 Å². The molecule has 0 aromatic carbocycles. The normalized spacial score (nSPS) is 16.5. The largest absolute Gasteiger partial charge is 0.378 e. The fourth-order valence-corrected chi connectivity index (χ4v) is 1.83. The molecule has 1 aliphatic heterocycles. The maximum Gasteiger partial charge on any atom is 0.227 e. The Morgan fingerprint density at radius 2 is 2.06 bits per heavy atom. The van der Waals surface area contributed by atoms with Gasteiger partial charge in [0.2, 0.25) is 5.91 Å². The zero-order valence-corrected chi connectivity index (χ0v) is 9.65. The fraction of sp³-hybridized carbons (Fsp3) is 0.636. The third-order valence-electron chi connectivity index (χ3n) is 2.87. The Hall–Kier alpha value is -1.36. The molecule has 16 heavy (non-hydrogen) atoms. The molecule has 1 fully saturated rings. The van der Waals surface area contributed by atoms with Gasteiger partial charge >= 0.3 is 0 Å². The first-order chi connectivity index (χ1) is 7.68. The molecule has 0 unspecified atom stereocenters. The average molecular weight is 224 g/mol. The molecule has 0 radical (unpaired) electrons. The molecule has 1 aromatic heterocycles. The number of nitrogens with zero attached hydrogens (tertiary/aromatic N) is 2. The van der Waals surface area contributed by atoms with E-state index in [1.165, 1.54) is 0 Å². The quantitative estimate of drug-likeness (QED) is 0.741. The Bertz CT molecular complexity index is 361. The lowest BCUT2D eigenvalue weighted by Crippen LogP contribution is -2.41. The first-order valence-electron chi connectivity index (χ1n) is 5.45. The van der Waals surface area contributed by atoms with Gasteiger partial charge in [0.25, 0.3) is 0 Å². The lowest BCUT2D eigenvalue weighted by Gasteiger charge is -2.26. The highest BCUT2D eigenvalue weighted by Gasteiger charge is 2.20. The molecule has 1 aromatic rings. The van der Waals surface area contributed by atoms with Crippen LogP contribution in [0.15, 0.2) is 4.52 Å². The summed E-state index contributed by atoms with van der Waals surface area (Å²) in [5.74, 6) is 0.858. The molecule has 0 N–H and O–H groups in total. The molecular formula is C11H16N2O3. The number of aromatic nitrogens is 1. The van der Waals surface area contributed by atoms with E-state index >= 15 is 0 Å². The molecule has 2 heterocycles. The van der Waals surface area contributed by atoms with Crippen LogP contribution in [0.4, 0.5) is 0 Å². The van der Waals surface area contributed by atoms with Gasteiger partial charge in [-0.15, -0.1) is 0 Å². The Morgan fingerprint density at radius 3 is 2.62 bits per heavy atom. The maximum atomic E-state index is 12.0. The van der Waals surface area contributed by atoms with E-state index in [0.717, 1.165) is 17.0 Å². The summed E-state index contributed by atoms with van der Waals surface area (Å²) >= 11 is 0. The zero-order valence-electron chi connectivity index (χ0n) is 9.65. The number of aryl methyl sites for hydroxylation is 2. The predicted molar refractivity (Wildman–Crippen MR) is 57.1 cm³/mol. The smallest absolute Gasteiger partial charge is 0.227 e. The van der Waals surface area contributed by atoms with E-state index in [9.17, 15) is 4.79 Å². The molecule has 0 spiro atoms. The van der Waals surface area contributed by atoms with Crippen LogP contribution in [0.1, 0.15) is 17.0 Å². The number of carbonyl (C=O) groups is 1. The second-order valence-electron chi connectivity index (χ2n) is 3.97. The Morgan fingerprint density at radius 1 is 1.38 bits per heavy atom. The van der Waals surface area contributed by atoms with Crippen LogP contribution < -0.4 is 0 Å². The second-order valence-corrected chi connectivity index (χ2v) is 3.97. The van der Waals surface area contributed by atoms with Crippen molar-refractivity contribution in [3.63, 3.8) is 0 Å². The second kappa shape index (κ2) is 4.65. The van der Waals surface area contributed by atoms with E-state index in [2.05, 4.69) is 5.16 Å². The summed E-state index contributed by atoms with van der Waals surface area (Å²) in [5, 5.41) is 3.84. The lowest BCUT2D eigenvalue weighted by atomic mass is 10.1. The third-order valence-corrected chi connectivity index (χ3v) is 2.87. The van der Waals surface area contributed by atoms with E-state index in [-0.39, 0.29) is 5.91 Å². The Labute approximate surface area is 94.3 Å². The molecule has 0 aliphatic carbocycles. The number of amides is 1. The summed E-state index contributed by atoms with van der Waals surface area (Å²) in [6.07, 6.45) is 0.376. The van der Waals surface area contributed by atoms with Gasteiger partial charge in [-0.1, -0.05) is 5.16 Å². The highest BCUT2D eigenvalue weighted by molar-refractivity contribution is 5.79. The molecule has 0 atom stereocenters. The Balaban J connectivity index is 2.01. The summed E-state index contributed by atoms with van der Waals surface area (Å²) < 4.78 is 10.2. The van der Waals surface area contributed by atoms with Crippen LogP contribution in [-0.2, 0) is 16.0 Å². The molecule has 0 saturated carbocycles. The van der Waals surface area contributed by atoms with Crippen molar-refractivity contribution in [1.82, 2.24) is 10.1 Å². The average Bonchev–Trinajstić information content (AvgIpc) is 2.62. The summed E-state index contributed by atoms with van der Waals surface area (Å²) in [6, 6.07) is 0. The van der Waals surface area contributed by atoms with Crippen molar-refractivity contribution >= 4 is 5.91 Å². The van der Waals surface area contributed by atoms with Gasteiger partial charge in [-0.25, -0.2) is 0 Å². The number of hydrogen-bond donors (Lipinski definition) is 0. The highest BCUT2D eigenvalue weighted by atomic mass is 16.5. The molecule has 5 heteroatoms. The lowest BCUT2D eigenvalue weighted by molar-refractivity contribution is -0.134. The standard InChI is InChI=1S/C11H16N2O3/c1-8-10(9(2)16-12-8)7-11(14)13-3-5-15-6-4-13/h3-7H2,1-2H3. The number of carbonyl (C=O) groups excluding carboxylic acids is 1. The van der Waals surface area contributed by atoms with Crippen molar-refractivity contribution in [3.05, 3.63) is 17.0 Å². The van der Waals surface area contributed by atoms with E-state index in [4.69, 9.17) is 9.26 Å². The molecule has 1 saturated heterocycles. The minimum absolute atomic E-state index is 0.123. The van der Waals surface area contributed by atoms with Crippen LogP contribution in [0.5, 0.6) is 0 Å². The first kappa shape index (κ1) is 11.1. The summed E-state index contributed by atoms with van der Waals surface area (Å²) in [5.41, 5.74) is 1.72. The molecule has 1 aliphatic rings. The van der Waals surface area contributed by atoms with Gasteiger partial charge in [-0.3, -0.25) is 4.79 Å². The molecule has 88 valence electrons. The summed E-state index contributed by atoms with van der Waals surface area (Å²) in [6.45, 7) is 6.32. The maximum absolute atomic E-state index is 12.0. The van der Waals surface area contributed by atoms with Crippen LogP contribution in [0.25, 0.3) is 0 Å². The third kappa shape index (κ3) is 2.24. The number of ether oxygens (including phenoxy) is 1. The minimum atomic E-state index is 0.123. The van der Waals surface area contributed by atoms with Gasteiger partial charge in [0.05, 0.1) is 25.3 Å². The van der Waals surface area contributed by atoms with Crippen molar-refractivity contribution in [1.29, 1.82) is 0 Å². The SMILES string of the molecule is Cc1noc(C)c1CC(=O)N1CCOCC1. The van der Waals surface area contributed by atoms with Gasteiger partial charge in [0, 0.05) is 18.7 Å². The highest BCUT2D eigenvalue weighted by Crippen LogP contribution is 2.14. The Kier molecular flexibility index (Phi) is 3.24. The van der Waals surface area contributed by atoms with Crippen LogP contribution in [0.2, 0.25) is 0 Å². The van der Waals surface area contributed by atoms with Crippen molar-refractivity contribution < 1.29 is 14.1 Å².